The van der Waals surface area contributed by atoms with E-state index in [2.05, 4.69) is 25.7 Å². The number of amides is 1. The van der Waals surface area contributed by atoms with Gasteiger partial charge in [-0.3, -0.25) is 14.2 Å². The Morgan fingerprint density at radius 3 is 2.51 bits per heavy atom. The van der Waals surface area contributed by atoms with E-state index in [9.17, 15) is 4.79 Å². The van der Waals surface area contributed by atoms with Gasteiger partial charge in [-0.2, -0.15) is 10.2 Å². The summed E-state index contributed by atoms with van der Waals surface area (Å²) in [7, 11) is 5.31. The van der Waals surface area contributed by atoms with E-state index in [4.69, 9.17) is 9.72 Å². The van der Waals surface area contributed by atoms with Crippen molar-refractivity contribution in [2.75, 3.05) is 30.4 Å². The molecule has 10 nitrogen and oxygen atoms in total. The fourth-order valence-corrected chi connectivity index (χ4v) is 5.00. The first-order chi connectivity index (χ1) is 17.0. The topological polar surface area (TPSA) is 102 Å². The number of benzene rings is 1. The van der Waals surface area contributed by atoms with Crippen LogP contribution in [0.5, 0.6) is 5.75 Å². The maximum absolute atomic E-state index is 13.4. The molecule has 182 valence electrons. The molecule has 1 aliphatic carbocycles. The van der Waals surface area contributed by atoms with E-state index in [1.54, 1.807) is 22.7 Å². The number of nitrogens with one attached hydrogen (secondary N) is 2. The number of rotatable bonds is 6. The second-order valence-corrected chi connectivity index (χ2v) is 9.63. The van der Waals surface area contributed by atoms with Crippen molar-refractivity contribution in [2.45, 2.75) is 37.8 Å². The SMILES string of the molecule is COc1cc2nn(C)cc2cc1NC(=O)c1cnc(N2CCC(NC3CC3)CC2)c2cn(C)nc12. The van der Waals surface area contributed by atoms with Crippen molar-refractivity contribution in [3.05, 3.63) is 36.3 Å². The molecule has 2 aliphatic rings. The first-order valence-electron chi connectivity index (χ1n) is 12.1. The Morgan fingerprint density at radius 1 is 1.03 bits per heavy atom. The van der Waals surface area contributed by atoms with Crippen LogP contribution in [0.15, 0.2) is 30.7 Å². The highest BCUT2D eigenvalue weighted by atomic mass is 16.5. The van der Waals surface area contributed by atoms with Crippen LogP contribution in [0, 0.1) is 0 Å². The van der Waals surface area contributed by atoms with Crippen molar-refractivity contribution < 1.29 is 9.53 Å². The Morgan fingerprint density at radius 2 is 1.77 bits per heavy atom. The quantitative estimate of drug-likeness (QED) is 0.443. The van der Waals surface area contributed by atoms with Gasteiger partial charge in [0.15, 0.2) is 0 Å². The number of carbonyl (C=O) groups excluding carboxylic acids is 1. The maximum Gasteiger partial charge on any atom is 0.259 e. The van der Waals surface area contributed by atoms with Crippen LogP contribution in [-0.4, -0.2) is 62.7 Å². The molecule has 0 bridgehead atoms. The maximum atomic E-state index is 13.4. The molecule has 2 fully saturated rings. The smallest absolute Gasteiger partial charge is 0.259 e. The third-order valence-electron chi connectivity index (χ3n) is 6.92. The molecule has 6 rings (SSSR count). The van der Waals surface area contributed by atoms with Crippen molar-refractivity contribution in [2.24, 2.45) is 14.1 Å². The number of aromatic nitrogens is 5. The molecule has 4 heterocycles. The minimum Gasteiger partial charge on any atom is -0.494 e. The van der Waals surface area contributed by atoms with E-state index >= 15 is 0 Å². The number of carbonyl (C=O) groups is 1. The number of ether oxygens (including phenoxy) is 1. The van der Waals surface area contributed by atoms with Crippen LogP contribution >= 0.6 is 0 Å². The molecule has 1 aliphatic heterocycles. The lowest BCUT2D eigenvalue weighted by Gasteiger charge is -2.33. The number of anilines is 2. The fourth-order valence-electron chi connectivity index (χ4n) is 5.00. The number of nitrogens with zero attached hydrogens (tertiary/aromatic N) is 6. The first-order valence-corrected chi connectivity index (χ1v) is 12.1. The van der Waals surface area contributed by atoms with Crippen molar-refractivity contribution in [3.8, 4) is 5.75 Å². The first kappa shape index (κ1) is 21.8. The van der Waals surface area contributed by atoms with E-state index in [0.29, 0.717) is 28.6 Å². The second-order valence-electron chi connectivity index (χ2n) is 9.63. The zero-order valence-electron chi connectivity index (χ0n) is 20.3. The van der Waals surface area contributed by atoms with Crippen molar-refractivity contribution in [3.63, 3.8) is 0 Å². The van der Waals surface area contributed by atoms with E-state index < -0.39 is 0 Å². The summed E-state index contributed by atoms with van der Waals surface area (Å²) in [6.07, 6.45) is 10.3. The van der Waals surface area contributed by atoms with Crippen LogP contribution in [0.1, 0.15) is 36.0 Å². The number of pyridine rings is 1. The summed E-state index contributed by atoms with van der Waals surface area (Å²) in [5.41, 5.74) is 2.46. The van der Waals surface area contributed by atoms with Crippen LogP contribution in [0.4, 0.5) is 11.5 Å². The minimum atomic E-state index is -0.276. The Kier molecular flexibility index (Phi) is 5.32. The van der Waals surface area contributed by atoms with Gasteiger partial charge >= 0.3 is 0 Å². The average molecular weight is 475 g/mol. The predicted octanol–water partition coefficient (Wildman–Crippen LogP) is 2.84. The molecule has 1 saturated heterocycles. The van der Waals surface area contributed by atoms with Gasteiger partial charge in [-0.25, -0.2) is 4.98 Å². The van der Waals surface area contributed by atoms with Crippen LogP contribution < -0.4 is 20.3 Å². The lowest BCUT2D eigenvalue weighted by Crippen LogP contribution is -2.43. The van der Waals surface area contributed by atoms with Gasteiger partial charge in [-0.05, 0) is 31.7 Å². The van der Waals surface area contributed by atoms with Crippen molar-refractivity contribution in [1.82, 2.24) is 29.9 Å². The Balaban J connectivity index is 1.27. The normalized spacial score (nSPS) is 16.8. The molecule has 2 N–H and O–H groups in total. The third kappa shape index (κ3) is 4.18. The van der Waals surface area contributed by atoms with Gasteiger partial charge in [0.1, 0.15) is 17.1 Å². The van der Waals surface area contributed by atoms with E-state index in [1.807, 2.05) is 38.6 Å². The van der Waals surface area contributed by atoms with Crippen LogP contribution in [0.3, 0.4) is 0 Å². The summed E-state index contributed by atoms with van der Waals surface area (Å²) >= 11 is 0. The number of fused-ring (bicyclic) bond motifs is 2. The molecule has 0 atom stereocenters. The standard InChI is InChI=1S/C25H30N8O2/c1-31-13-15-10-21(22(35-3)11-20(15)29-31)28-25(34)18-12-26-24(19-14-32(2)30-23(18)19)33-8-6-17(7-9-33)27-16-4-5-16/h10-14,16-17,27H,4-9H2,1-3H3,(H,28,34). The van der Waals surface area contributed by atoms with Gasteiger partial charge in [0.25, 0.3) is 5.91 Å². The Labute approximate surface area is 203 Å². The molecule has 1 aromatic carbocycles. The molecule has 1 amide bonds. The number of hydrogen-bond donors (Lipinski definition) is 2. The minimum absolute atomic E-state index is 0.276. The van der Waals surface area contributed by atoms with Gasteiger partial charge in [-0.15, -0.1) is 0 Å². The molecular formula is C25H30N8O2. The molecule has 0 unspecified atom stereocenters. The largest absolute Gasteiger partial charge is 0.494 e. The highest BCUT2D eigenvalue weighted by molar-refractivity contribution is 6.14. The van der Waals surface area contributed by atoms with Gasteiger partial charge in [0.2, 0.25) is 0 Å². The Hall–Kier alpha value is -3.66. The predicted molar refractivity (Wildman–Crippen MR) is 135 cm³/mol. The molecule has 10 heteroatoms. The van der Waals surface area contributed by atoms with E-state index in [-0.39, 0.29) is 5.91 Å². The highest BCUT2D eigenvalue weighted by Gasteiger charge is 2.29. The molecule has 3 aromatic heterocycles. The van der Waals surface area contributed by atoms with Crippen molar-refractivity contribution in [1.29, 1.82) is 0 Å². The number of hydrogen-bond acceptors (Lipinski definition) is 7. The summed E-state index contributed by atoms with van der Waals surface area (Å²) in [5.74, 6) is 1.17. The van der Waals surface area contributed by atoms with Gasteiger partial charge in [0.05, 0.1) is 29.3 Å². The second kappa shape index (κ2) is 8.53. The lowest BCUT2D eigenvalue weighted by molar-refractivity contribution is 0.102. The zero-order chi connectivity index (χ0) is 24.1. The average Bonchev–Trinajstić information content (AvgIpc) is 3.45. The van der Waals surface area contributed by atoms with Crippen LogP contribution in [-0.2, 0) is 14.1 Å². The lowest BCUT2D eigenvalue weighted by atomic mass is 10.0. The molecule has 35 heavy (non-hydrogen) atoms. The van der Waals surface area contributed by atoms with Crippen LogP contribution in [0.25, 0.3) is 21.8 Å². The summed E-state index contributed by atoms with van der Waals surface area (Å²) in [4.78, 5) is 20.5. The number of aryl methyl sites for hydroxylation is 2. The fraction of sp³-hybridized carbons (Fsp3) is 0.440. The molecular weight excluding hydrogens is 444 g/mol. The number of methoxy groups -OCH3 is 1. The molecule has 0 radical (unpaired) electrons. The molecule has 4 aromatic rings. The molecule has 1 saturated carbocycles. The third-order valence-corrected chi connectivity index (χ3v) is 6.92. The Bertz CT molecular complexity index is 1410. The van der Waals surface area contributed by atoms with Gasteiger partial charge in [0, 0.05) is 69.3 Å². The molecule has 0 spiro atoms. The van der Waals surface area contributed by atoms with Gasteiger partial charge < -0.3 is 20.3 Å². The van der Waals surface area contributed by atoms with E-state index in [1.165, 1.54) is 12.8 Å². The monoisotopic (exact) mass is 474 g/mol. The highest BCUT2D eigenvalue weighted by Crippen LogP contribution is 2.32. The number of piperidine rings is 1. The summed E-state index contributed by atoms with van der Waals surface area (Å²) < 4.78 is 9.00. The summed E-state index contributed by atoms with van der Waals surface area (Å²) in [6.45, 7) is 1.88. The summed E-state index contributed by atoms with van der Waals surface area (Å²) in [6, 6.07) is 5.01. The van der Waals surface area contributed by atoms with Crippen molar-refractivity contribution >= 4 is 39.2 Å². The van der Waals surface area contributed by atoms with E-state index in [0.717, 1.165) is 54.1 Å². The van der Waals surface area contributed by atoms with Gasteiger partial charge in [-0.1, -0.05) is 0 Å². The van der Waals surface area contributed by atoms with Crippen LogP contribution in [0.2, 0.25) is 0 Å². The zero-order valence-corrected chi connectivity index (χ0v) is 20.3. The summed E-state index contributed by atoms with van der Waals surface area (Å²) in [5, 5.41) is 17.6.